The number of aromatic nitrogens is 4. The van der Waals surface area contributed by atoms with Gasteiger partial charge in [-0.1, -0.05) is 51.2 Å². The summed E-state index contributed by atoms with van der Waals surface area (Å²) < 4.78 is 0. The van der Waals surface area contributed by atoms with E-state index in [9.17, 15) is 24.0 Å². The lowest BCUT2D eigenvalue weighted by Crippen LogP contribution is -2.53. The Kier molecular flexibility index (Phi) is 10.5. The number of nitrogens with one attached hydrogen (secondary N) is 4. The van der Waals surface area contributed by atoms with E-state index in [-0.39, 0.29) is 49.6 Å². The first-order chi connectivity index (χ1) is 18.2. The van der Waals surface area contributed by atoms with Crippen LogP contribution in [-0.4, -0.2) is 85.4 Å². The smallest absolute Gasteiger partial charge is 0.303 e. The predicted molar refractivity (Wildman–Crippen MR) is 133 cm³/mol. The van der Waals surface area contributed by atoms with E-state index in [1.165, 1.54) is 6.42 Å². The van der Waals surface area contributed by atoms with Gasteiger partial charge in [0.15, 0.2) is 5.82 Å². The number of carboxylic acid groups (broad SMARTS) is 1. The van der Waals surface area contributed by atoms with Crippen molar-refractivity contribution >= 4 is 29.6 Å². The molecule has 0 bridgehead atoms. The third kappa shape index (κ3) is 8.21. The Morgan fingerprint density at radius 1 is 1.05 bits per heavy atom. The minimum Gasteiger partial charge on any atom is -0.481 e. The average Bonchev–Trinajstić information content (AvgIpc) is 3.58. The maximum Gasteiger partial charge on any atom is 0.303 e. The number of carbonyl (C=O) groups excluding carboxylic acids is 4. The zero-order valence-corrected chi connectivity index (χ0v) is 21.9. The Labute approximate surface area is 221 Å². The van der Waals surface area contributed by atoms with E-state index < -0.39 is 29.9 Å². The lowest BCUT2D eigenvalue weighted by atomic mass is 9.79. The molecule has 1 aliphatic heterocycles. The third-order valence-corrected chi connectivity index (χ3v) is 7.33. The van der Waals surface area contributed by atoms with Gasteiger partial charge in [-0.25, -0.2) is 0 Å². The number of tetrazole rings is 1. The Balaban J connectivity index is 1.61. The van der Waals surface area contributed by atoms with E-state index in [0.717, 1.165) is 25.7 Å². The van der Waals surface area contributed by atoms with Crippen LogP contribution in [0.2, 0.25) is 0 Å². The Morgan fingerprint density at radius 3 is 2.42 bits per heavy atom. The fourth-order valence-electron chi connectivity index (χ4n) is 5.26. The van der Waals surface area contributed by atoms with Crippen molar-refractivity contribution in [3.63, 3.8) is 0 Å². The van der Waals surface area contributed by atoms with E-state index in [4.69, 9.17) is 5.11 Å². The number of aliphatic carboxylic acids is 1. The minimum atomic E-state index is -1.11. The highest BCUT2D eigenvalue weighted by molar-refractivity contribution is 5.93. The summed E-state index contributed by atoms with van der Waals surface area (Å²) in [6.45, 7) is 3.68. The standard InChI is InChI=1S/C24H38N8O6/c1-14(2)22(27-19(33)8-9-21(35)36)24(38)26-12-20(34)32-13-16(15-6-4-3-5-7-15)10-17(32)23(37)25-11-18-28-30-31-29-18/h14-17,22H,3-13H2,1-2H3,(H,25,37)(H,26,38)(H,27,33)(H,35,36)(H,28,29,30,31)/t16-,17+,22?/m1/s1. The number of amides is 4. The lowest BCUT2D eigenvalue weighted by Gasteiger charge is -2.27. The van der Waals surface area contributed by atoms with Crippen LogP contribution in [0.4, 0.5) is 0 Å². The first-order valence-corrected chi connectivity index (χ1v) is 13.2. The molecule has 4 amide bonds. The summed E-state index contributed by atoms with van der Waals surface area (Å²) in [5, 5.41) is 30.1. The first-order valence-electron chi connectivity index (χ1n) is 13.2. The molecule has 1 unspecified atom stereocenters. The van der Waals surface area contributed by atoms with Gasteiger partial charge in [0.2, 0.25) is 23.6 Å². The van der Waals surface area contributed by atoms with Crippen LogP contribution in [-0.2, 0) is 30.5 Å². The SMILES string of the molecule is CC(C)C(NC(=O)CCC(=O)O)C(=O)NCC(=O)N1C[C@H](C2CCCCC2)C[C@H]1C(=O)NCc1nn[nH]n1. The number of hydrogen-bond acceptors (Lipinski definition) is 8. The van der Waals surface area contributed by atoms with Crippen LogP contribution in [0.25, 0.3) is 0 Å². The maximum atomic E-state index is 13.3. The predicted octanol–water partition coefficient (Wildman–Crippen LogP) is -0.265. The number of carboxylic acids is 1. The van der Waals surface area contributed by atoms with Gasteiger partial charge < -0.3 is 26.0 Å². The van der Waals surface area contributed by atoms with Crippen LogP contribution < -0.4 is 16.0 Å². The van der Waals surface area contributed by atoms with Gasteiger partial charge >= 0.3 is 5.97 Å². The number of hydrogen-bond donors (Lipinski definition) is 5. The lowest BCUT2D eigenvalue weighted by molar-refractivity contribution is -0.140. The summed E-state index contributed by atoms with van der Waals surface area (Å²) in [4.78, 5) is 63.5. The van der Waals surface area contributed by atoms with Crippen LogP contribution in [0, 0.1) is 17.8 Å². The number of likely N-dealkylation sites (tertiary alicyclic amines) is 1. The van der Waals surface area contributed by atoms with Gasteiger partial charge in [-0.3, -0.25) is 24.0 Å². The number of carbonyl (C=O) groups is 5. The van der Waals surface area contributed by atoms with Gasteiger partial charge in [0.25, 0.3) is 0 Å². The average molecular weight is 535 g/mol. The van der Waals surface area contributed by atoms with Crippen molar-refractivity contribution in [2.75, 3.05) is 13.1 Å². The highest BCUT2D eigenvalue weighted by atomic mass is 16.4. The summed E-state index contributed by atoms with van der Waals surface area (Å²) >= 11 is 0. The highest BCUT2D eigenvalue weighted by Gasteiger charge is 2.42. The van der Waals surface area contributed by atoms with Crippen molar-refractivity contribution in [2.45, 2.75) is 83.8 Å². The largest absolute Gasteiger partial charge is 0.481 e. The monoisotopic (exact) mass is 534 g/mol. The molecule has 5 N–H and O–H groups in total. The third-order valence-electron chi connectivity index (χ3n) is 7.33. The van der Waals surface area contributed by atoms with E-state index in [1.54, 1.807) is 18.7 Å². The van der Waals surface area contributed by atoms with Gasteiger partial charge in [0, 0.05) is 13.0 Å². The molecule has 0 radical (unpaired) electrons. The van der Waals surface area contributed by atoms with Crippen LogP contribution in [0.1, 0.15) is 71.0 Å². The quantitative estimate of drug-likeness (QED) is 0.239. The second kappa shape index (κ2) is 13.8. The molecule has 1 saturated carbocycles. The summed E-state index contributed by atoms with van der Waals surface area (Å²) in [6.07, 6.45) is 5.62. The van der Waals surface area contributed by atoms with Crippen molar-refractivity contribution < 1.29 is 29.1 Å². The normalized spacial score (nSPS) is 20.7. The summed E-state index contributed by atoms with van der Waals surface area (Å²) in [5.74, 6) is -2.19. The summed E-state index contributed by atoms with van der Waals surface area (Å²) in [5.41, 5.74) is 0. The Hall–Kier alpha value is -3.58. The molecule has 0 aromatic carbocycles. The second-order valence-electron chi connectivity index (χ2n) is 10.4. The molecule has 0 spiro atoms. The Bertz CT molecular complexity index is 979. The van der Waals surface area contributed by atoms with Crippen molar-refractivity contribution in [1.29, 1.82) is 0 Å². The second-order valence-corrected chi connectivity index (χ2v) is 10.4. The fourth-order valence-corrected chi connectivity index (χ4v) is 5.26. The molecular formula is C24H38N8O6. The number of rotatable bonds is 12. The van der Waals surface area contributed by atoms with Crippen LogP contribution >= 0.6 is 0 Å². The fraction of sp³-hybridized carbons (Fsp3) is 0.750. The summed E-state index contributed by atoms with van der Waals surface area (Å²) in [7, 11) is 0. The van der Waals surface area contributed by atoms with Crippen molar-refractivity contribution in [3.05, 3.63) is 5.82 Å². The molecule has 14 heteroatoms. The molecule has 38 heavy (non-hydrogen) atoms. The van der Waals surface area contributed by atoms with Gasteiger partial charge in [0.1, 0.15) is 12.1 Å². The number of aromatic amines is 1. The number of nitrogens with zero attached hydrogens (tertiary/aromatic N) is 4. The van der Waals surface area contributed by atoms with Crippen LogP contribution in [0.15, 0.2) is 0 Å². The van der Waals surface area contributed by atoms with Gasteiger partial charge in [-0.15, -0.1) is 10.2 Å². The molecule has 2 heterocycles. The molecular weight excluding hydrogens is 496 g/mol. The molecule has 1 aliphatic carbocycles. The van der Waals surface area contributed by atoms with Crippen molar-refractivity contribution in [3.8, 4) is 0 Å². The number of H-pyrrole nitrogens is 1. The van der Waals surface area contributed by atoms with Gasteiger partial charge in [-0.05, 0) is 24.2 Å². The van der Waals surface area contributed by atoms with Crippen LogP contribution in [0.3, 0.4) is 0 Å². The van der Waals surface area contributed by atoms with Gasteiger partial charge in [0.05, 0.1) is 19.5 Å². The topological polar surface area (TPSA) is 199 Å². The zero-order chi connectivity index (χ0) is 27.7. The Morgan fingerprint density at radius 2 is 1.79 bits per heavy atom. The molecule has 1 saturated heterocycles. The van der Waals surface area contributed by atoms with Crippen LogP contribution in [0.5, 0.6) is 0 Å². The maximum absolute atomic E-state index is 13.3. The molecule has 1 aromatic heterocycles. The van der Waals surface area contributed by atoms with Crippen molar-refractivity contribution in [1.82, 2.24) is 41.5 Å². The minimum absolute atomic E-state index is 0.0797. The zero-order valence-electron chi connectivity index (χ0n) is 21.9. The highest BCUT2D eigenvalue weighted by Crippen LogP contribution is 2.37. The molecule has 3 rings (SSSR count). The van der Waals surface area contributed by atoms with E-state index in [1.807, 2.05) is 0 Å². The molecule has 1 aromatic rings. The van der Waals surface area contributed by atoms with Crippen molar-refractivity contribution in [2.24, 2.45) is 17.8 Å². The summed E-state index contributed by atoms with van der Waals surface area (Å²) in [6, 6.07) is -1.60. The van der Waals surface area contributed by atoms with E-state index in [2.05, 4.69) is 36.6 Å². The van der Waals surface area contributed by atoms with Gasteiger partial charge in [-0.2, -0.15) is 5.21 Å². The molecule has 14 nitrogen and oxygen atoms in total. The van der Waals surface area contributed by atoms with E-state index >= 15 is 0 Å². The molecule has 210 valence electrons. The molecule has 2 aliphatic rings. The first kappa shape index (κ1) is 29.0. The van der Waals surface area contributed by atoms with E-state index in [0.29, 0.717) is 24.7 Å². The molecule has 3 atom stereocenters. The molecule has 2 fully saturated rings.